The first-order valence-electron chi connectivity index (χ1n) is 6.98. The number of benzene rings is 1. The fraction of sp³-hybridized carbons (Fsp3) is 0.400. The minimum atomic E-state index is -1.12. The summed E-state index contributed by atoms with van der Waals surface area (Å²) in [5.74, 6) is -1.49. The van der Waals surface area contributed by atoms with Crippen molar-refractivity contribution < 1.29 is 14.7 Å². The standard InChI is InChI=1S/C15H18ClN3O3/c1-7(2)17-14(20)9-5-11-12(6-10(9)16)19(8(3)4)13(18-11)15(21)22/h5-8H,1-4H3,(H,17,20)(H,21,22). The van der Waals surface area contributed by atoms with E-state index in [4.69, 9.17) is 11.6 Å². The highest BCUT2D eigenvalue weighted by Crippen LogP contribution is 2.27. The minimum absolute atomic E-state index is 0.0259. The number of carboxylic acid groups (broad SMARTS) is 1. The van der Waals surface area contributed by atoms with Crippen molar-refractivity contribution in [2.75, 3.05) is 0 Å². The zero-order valence-electron chi connectivity index (χ0n) is 12.8. The number of amides is 1. The molecule has 0 unspecified atom stereocenters. The van der Waals surface area contributed by atoms with Gasteiger partial charge in [-0.05, 0) is 39.8 Å². The van der Waals surface area contributed by atoms with Crippen LogP contribution in [-0.2, 0) is 0 Å². The molecule has 0 radical (unpaired) electrons. The van der Waals surface area contributed by atoms with Gasteiger partial charge in [-0.1, -0.05) is 11.6 Å². The van der Waals surface area contributed by atoms with E-state index in [2.05, 4.69) is 10.3 Å². The van der Waals surface area contributed by atoms with E-state index in [0.29, 0.717) is 11.0 Å². The lowest BCUT2D eigenvalue weighted by atomic mass is 10.1. The number of carbonyl (C=O) groups excluding carboxylic acids is 1. The number of aromatic carboxylic acids is 1. The summed E-state index contributed by atoms with van der Waals surface area (Å²) in [5.41, 5.74) is 1.32. The molecule has 0 aliphatic heterocycles. The Morgan fingerprint density at radius 1 is 1.27 bits per heavy atom. The Bertz CT molecular complexity index is 750. The van der Waals surface area contributed by atoms with E-state index in [1.54, 1.807) is 10.6 Å². The fourth-order valence-corrected chi connectivity index (χ4v) is 2.55. The van der Waals surface area contributed by atoms with Crippen LogP contribution >= 0.6 is 11.6 Å². The van der Waals surface area contributed by atoms with Crippen LogP contribution < -0.4 is 5.32 Å². The van der Waals surface area contributed by atoms with E-state index in [1.807, 2.05) is 27.7 Å². The molecular weight excluding hydrogens is 306 g/mol. The SMILES string of the molecule is CC(C)NC(=O)c1cc2nc(C(=O)O)n(C(C)C)c2cc1Cl. The van der Waals surface area contributed by atoms with Crippen molar-refractivity contribution in [3.63, 3.8) is 0 Å². The third-order valence-corrected chi connectivity index (χ3v) is 3.46. The first-order chi connectivity index (χ1) is 10.2. The molecule has 1 amide bonds. The Morgan fingerprint density at radius 3 is 2.41 bits per heavy atom. The average Bonchev–Trinajstić information content (AvgIpc) is 2.75. The van der Waals surface area contributed by atoms with Crippen molar-refractivity contribution >= 4 is 34.5 Å². The number of hydrogen-bond donors (Lipinski definition) is 2. The predicted octanol–water partition coefficient (Wildman–Crippen LogP) is 3.11. The Kier molecular flexibility index (Phi) is 4.42. The van der Waals surface area contributed by atoms with Gasteiger partial charge in [0.1, 0.15) is 0 Å². The fourth-order valence-electron chi connectivity index (χ4n) is 2.30. The lowest BCUT2D eigenvalue weighted by molar-refractivity contribution is 0.0677. The highest BCUT2D eigenvalue weighted by Gasteiger charge is 2.21. The van der Waals surface area contributed by atoms with Crippen LogP contribution in [-0.4, -0.2) is 32.6 Å². The van der Waals surface area contributed by atoms with Crippen molar-refractivity contribution in [3.05, 3.63) is 28.5 Å². The molecule has 1 aromatic heterocycles. The molecule has 6 nitrogen and oxygen atoms in total. The first kappa shape index (κ1) is 16.3. The van der Waals surface area contributed by atoms with Gasteiger partial charge in [0.05, 0.1) is 21.6 Å². The molecule has 2 aromatic rings. The third kappa shape index (κ3) is 2.92. The summed E-state index contributed by atoms with van der Waals surface area (Å²) < 4.78 is 1.59. The van der Waals surface area contributed by atoms with Gasteiger partial charge < -0.3 is 15.0 Å². The van der Waals surface area contributed by atoms with Crippen LogP contribution in [0.5, 0.6) is 0 Å². The maximum atomic E-state index is 12.1. The number of aromatic nitrogens is 2. The molecule has 0 saturated carbocycles. The van der Waals surface area contributed by atoms with Crippen LogP contribution in [0.25, 0.3) is 11.0 Å². The second kappa shape index (κ2) is 5.96. The van der Waals surface area contributed by atoms with E-state index in [1.165, 1.54) is 6.07 Å². The quantitative estimate of drug-likeness (QED) is 0.905. The maximum Gasteiger partial charge on any atom is 0.372 e. The third-order valence-electron chi connectivity index (χ3n) is 3.15. The lowest BCUT2D eigenvalue weighted by Gasteiger charge is -2.12. The predicted molar refractivity (Wildman–Crippen MR) is 84.7 cm³/mol. The van der Waals surface area contributed by atoms with Crippen molar-refractivity contribution in [3.8, 4) is 0 Å². The largest absolute Gasteiger partial charge is 0.475 e. The van der Waals surface area contributed by atoms with Gasteiger partial charge in [-0.3, -0.25) is 4.79 Å². The number of rotatable bonds is 4. The number of halogens is 1. The van der Waals surface area contributed by atoms with Crippen LogP contribution in [0.4, 0.5) is 0 Å². The summed E-state index contributed by atoms with van der Waals surface area (Å²) in [5, 5.41) is 12.3. The summed E-state index contributed by atoms with van der Waals surface area (Å²) in [4.78, 5) is 27.6. The summed E-state index contributed by atoms with van der Waals surface area (Å²) in [6, 6.07) is 3.00. The van der Waals surface area contributed by atoms with Crippen LogP contribution in [0, 0.1) is 0 Å². The monoisotopic (exact) mass is 323 g/mol. The zero-order valence-corrected chi connectivity index (χ0v) is 13.6. The molecule has 0 aliphatic carbocycles. The molecule has 0 saturated heterocycles. The molecule has 2 N–H and O–H groups in total. The molecule has 118 valence electrons. The summed E-state index contributed by atoms with van der Waals surface area (Å²) >= 11 is 6.20. The number of nitrogens with one attached hydrogen (secondary N) is 1. The van der Waals surface area contributed by atoms with E-state index in [9.17, 15) is 14.7 Å². The van der Waals surface area contributed by atoms with Crippen LogP contribution in [0.3, 0.4) is 0 Å². The van der Waals surface area contributed by atoms with Crippen LogP contribution in [0.15, 0.2) is 12.1 Å². The summed E-state index contributed by atoms with van der Waals surface area (Å²) in [7, 11) is 0. The lowest BCUT2D eigenvalue weighted by Crippen LogP contribution is -2.30. The van der Waals surface area contributed by atoms with Gasteiger partial charge in [-0.2, -0.15) is 0 Å². The number of carbonyl (C=O) groups is 2. The van der Waals surface area contributed by atoms with E-state index in [-0.39, 0.29) is 34.4 Å². The van der Waals surface area contributed by atoms with Crippen molar-refractivity contribution in [2.45, 2.75) is 39.8 Å². The van der Waals surface area contributed by atoms with Gasteiger partial charge in [0.15, 0.2) is 0 Å². The summed E-state index contributed by atoms with van der Waals surface area (Å²) in [6.45, 7) is 7.42. The minimum Gasteiger partial charge on any atom is -0.475 e. The molecule has 1 heterocycles. The molecule has 1 aromatic carbocycles. The number of nitrogens with zero attached hydrogens (tertiary/aromatic N) is 2. The number of hydrogen-bond acceptors (Lipinski definition) is 3. The number of fused-ring (bicyclic) bond motifs is 1. The normalized spacial score (nSPS) is 11.4. The molecule has 2 rings (SSSR count). The van der Waals surface area contributed by atoms with E-state index < -0.39 is 5.97 Å². The topological polar surface area (TPSA) is 84.2 Å². The molecule has 0 fully saturated rings. The van der Waals surface area contributed by atoms with Gasteiger partial charge in [0.2, 0.25) is 5.82 Å². The number of carboxylic acids is 1. The van der Waals surface area contributed by atoms with Gasteiger partial charge >= 0.3 is 5.97 Å². The molecule has 22 heavy (non-hydrogen) atoms. The molecule has 0 atom stereocenters. The smallest absolute Gasteiger partial charge is 0.372 e. The second-order valence-electron chi connectivity index (χ2n) is 5.65. The van der Waals surface area contributed by atoms with Crippen molar-refractivity contribution in [1.29, 1.82) is 0 Å². The summed E-state index contributed by atoms with van der Waals surface area (Å²) in [6.07, 6.45) is 0. The molecule has 7 heteroatoms. The maximum absolute atomic E-state index is 12.1. The van der Waals surface area contributed by atoms with Crippen molar-refractivity contribution in [1.82, 2.24) is 14.9 Å². The van der Waals surface area contributed by atoms with Crippen LogP contribution in [0.1, 0.15) is 54.7 Å². The van der Waals surface area contributed by atoms with Gasteiger partial charge in [-0.25, -0.2) is 9.78 Å². The average molecular weight is 324 g/mol. The van der Waals surface area contributed by atoms with Gasteiger partial charge in [0.25, 0.3) is 5.91 Å². The number of imidazole rings is 1. The zero-order chi connectivity index (χ0) is 16.6. The van der Waals surface area contributed by atoms with E-state index >= 15 is 0 Å². The Balaban J connectivity index is 2.65. The van der Waals surface area contributed by atoms with Gasteiger partial charge in [0, 0.05) is 12.1 Å². The van der Waals surface area contributed by atoms with Crippen LogP contribution in [0.2, 0.25) is 5.02 Å². The Morgan fingerprint density at radius 2 is 1.91 bits per heavy atom. The van der Waals surface area contributed by atoms with E-state index in [0.717, 1.165) is 0 Å². The van der Waals surface area contributed by atoms with Gasteiger partial charge in [-0.15, -0.1) is 0 Å². The highest BCUT2D eigenvalue weighted by molar-refractivity contribution is 6.34. The Hall–Kier alpha value is -2.08. The molecule has 0 aliphatic rings. The molecule has 0 spiro atoms. The Labute approximate surface area is 133 Å². The highest BCUT2D eigenvalue weighted by atomic mass is 35.5. The molecule has 0 bridgehead atoms. The first-order valence-corrected chi connectivity index (χ1v) is 7.35. The molecular formula is C15H18ClN3O3. The van der Waals surface area contributed by atoms with Crippen molar-refractivity contribution in [2.24, 2.45) is 0 Å². The second-order valence-corrected chi connectivity index (χ2v) is 6.06.